The molecule has 38 heavy (non-hydrogen) atoms. The van der Waals surface area contributed by atoms with Gasteiger partial charge in [-0.1, -0.05) is 85.0 Å². The van der Waals surface area contributed by atoms with E-state index in [9.17, 15) is 9.59 Å². The molecule has 8 heteroatoms. The van der Waals surface area contributed by atoms with Gasteiger partial charge in [0.15, 0.2) is 0 Å². The van der Waals surface area contributed by atoms with E-state index in [1.165, 1.54) is 0 Å². The summed E-state index contributed by atoms with van der Waals surface area (Å²) in [6.45, 7) is 5.17. The molecule has 202 valence electrons. The van der Waals surface area contributed by atoms with Crippen molar-refractivity contribution in [2.75, 3.05) is 13.2 Å². The van der Waals surface area contributed by atoms with Gasteiger partial charge in [-0.05, 0) is 59.9 Å². The van der Waals surface area contributed by atoms with Gasteiger partial charge in [0.1, 0.15) is 11.8 Å². The largest absolute Gasteiger partial charge is 0.494 e. The fourth-order valence-corrected chi connectivity index (χ4v) is 4.35. The maximum absolute atomic E-state index is 13.6. The average Bonchev–Trinajstić information content (AvgIpc) is 2.90. The Morgan fingerprint density at radius 3 is 2.26 bits per heavy atom. The molecule has 3 rings (SSSR count). The van der Waals surface area contributed by atoms with E-state index in [1.807, 2.05) is 50.2 Å². The van der Waals surface area contributed by atoms with Crippen LogP contribution in [-0.2, 0) is 22.6 Å². The monoisotopic (exact) mass is 574 g/mol. The van der Waals surface area contributed by atoms with Gasteiger partial charge in [-0.2, -0.15) is 0 Å². The fourth-order valence-electron chi connectivity index (χ4n) is 3.90. The van der Waals surface area contributed by atoms with Crippen molar-refractivity contribution >= 4 is 46.6 Å². The van der Waals surface area contributed by atoms with E-state index in [-0.39, 0.29) is 30.7 Å². The number of carbonyl (C=O) groups excluding carboxylic acids is 2. The molecular weight excluding hydrogens is 543 g/mol. The molecule has 1 atom stereocenters. The molecule has 3 aromatic carbocycles. The van der Waals surface area contributed by atoms with Crippen molar-refractivity contribution in [1.29, 1.82) is 0 Å². The molecule has 0 aliphatic rings. The molecule has 0 aliphatic heterocycles. The van der Waals surface area contributed by atoms with Gasteiger partial charge in [0.05, 0.1) is 16.7 Å². The first-order chi connectivity index (χ1) is 18.2. The second kappa shape index (κ2) is 15.0. The highest BCUT2D eigenvalue weighted by atomic mass is 35.5. The topological polar surface area (TPSA) is 58.6 Å². The number of carbonyl (C=O) groups is 2. The lowest BCUT2D eigenvalue weighted by Crippen LogP contribution is -2.51. The summed E-state index contributed by atoms with van der Waals surface area (Å²) in [6, 6.07) is 21.4. The Bertz CT molecular complexity index is 1190. The van der Waals surface area contributed by atoms with E-state index < -0.39 is 6.04 Å². The summed E-state index contributed by atoms with van der Waals surface area (Å²) in [6.07, 6.45) is 1.10. The van der Waals surface area contributed by atoms with E-state index in [0.29, 0.717) is 46.8 Å². The highest BCUT2D eigenvalue weighted by Crippen LogP contribution is 2.25. The summed E-state index contributed by atoms with van der Waals surface area (Å²) in [5.74, 6) is 0.634. The molecule has 0 saturated carbocycles. The Morgan fingerprint density at radius 2 is 1.61 bits per heavy atom. The van der Waals surface area contributed by atoms with Crippen LogP contribution in [0.2, 0.25) is 15.1 Å². The zero-order chi connectivity index (χ0) is 27.5. The van der Waals surface area contributed by atoms with Crippen molar-refractivity contribution in [3.05, 3.63) is 99.0 Å². The average molecular weight is 576 g/mol. The molecule has 0 heterocycles. The SMILES string of the molecule is CC(C)CNC(=O)[C@H](Cc1ccccc1)N(Cc1ccc(Cl)c(Cl)c1)C(=O)CCCOc1ccc(Cl)cc1. The first-order valence-electron chi connectivity index (χ1n) is 12.7. The third-order valence-corrected chi connectivity index (χ3v) is 6.90. The molecule has 0 aliphatic carbocycles. The number of amides is 2. The van der Waals surface area contributed by atoms with Crippen LogP contribution in [0.4, 0.5) is 0 Å². The molecule has 0 fully saturated rings. The Labute approximate surface area is 240 Å². The normalized spacial score (nSPS) is 11.7. The van der Waals surface area contributed by atoms with Crippen LogP contribution in [0.3, 0.4) is 0 Å². The zero-order valence-corrected chi connectivity index (χ0v) is 23.9. The van der Waals surface area contributed by atoms with Crippen molar-refractivity contribution in [1.82, 2.24) is 10.2 Å². The second-order valence-corrected chi connectivity index (χ2v) is 10.8. The van der Waals surface area contributed by atoms with Crippen LogP contribution in [0.25, 0.3) is 0 Å². The molecule has 3 aromatic rings. The molecular formula is C30H33Cl3N2O3. The molecule has 0 aromatic heterocycles. The summed E-state index contributed by atoms with van der Waals surface area (Å²) >= 11 is 18.3. The number of nitrogens with zero attached hydrogens (tertiary/aromatic N) is 1. The van der Waals surface area contributed by atoms with E-state index in [1.54, 1.807) is 41.3 Å². The van der Waals surface area contributed by atoms with Gasteiger partial charge in [0.2, 0.25) is 11.8 Å². The number of hydrogen-bond acceptors (Lipinski definition) is 3. The van der Waals surface area contributed by atoms with Crippen molar-refractivity contribution in [3.63, 3.8) is 0 Å². The van der Waals surface area contributed by atoms with E-state index in [0.717, 1.165) is 11.1 Å². The summed E-state index contributed by atoms with van der Waals surface area (Å²) in [5.41, 5.74) is 1.76. The van der Waals surface area contributed by atoms with Crippen molar-refractivity contribution < 1.29 is 14.3 Å². The van der Waals surface area contributed by atoms with Crippen LogP contribution in [0.5, 0.6) is 5.75 Å². The third kappa shape index (κ3) is 9.54. The number of ether oxygens (including phenoxy) is 1. The summed E-state index contributed by atoms with van der Waals surface area (Å²) in [5, 5.41) is 4.49. The molecule has 0 bridgehead atoms. The Morgan fingerprint density at radius 1 is 0.895 bits per heavy atom. The third-order valence-electron chi connectivity index (χ3n) is 5.91. The van der Waals surface area contributed by atoms with E-state index >= 15 is 0 Å². The van der Waals surface area contributed by atoms with Crippen LogP contribution in [0, 0.1) is 5.92 Å². The Kier molecular flexibility index (Phi) is 11.8. The van der Waals surface area contributed by atoms with Crippen molar-refractivity contribution in [2.24, 2.45) is 5.92 Å². The highest BCUT2D eigenvalue weighted by molar-refractivity contribution is 6.42. The lowest BCUT2D eigenvalue weighted by molar-refractivity contribution is -0.141. The van der Waals surface area contributed by atoms with E-state index in [4.69, 9.17) is 39.5 Å². The minimum atomic E-state index is -0.699. The first-order valence-corrected chi connectivity index (χ1v) is 13.8. The minimum Gasteiger partial charge on any atom is -0.494 e. The fraction of sp³-hybridized carbons (Fsp3) is 0.333. The van der Waals surface area contributed by atoms with Gasteiger partial charge in [0, 0.05) is 31.0 Å². The minimum absolute atomic E-state index is 0.142. The first kappa shape index (κ1) is 29.8. The number of halogens is 3. The van der Waals surface area contributed by atoms with Crippen LogP contribution in [0.15, 0.2) is 72.8 Å². The van der Waals surface area contributed by atoms with E-state index in [2.05, 4.69) is 5.32 Å². The molecule has 0 spiro atoms. The molecule has 5 nitrogen and oxygen atoms in total. The lowest BCUT2D eigenvalue weighted by Gasteiger charge is -2.32. The van der Waals surface area contributed by atoms with Crippen LogP contribution in [0.1, 0.15) is 37.8 Å². The number of nitrogens with one attached hydrogen (secondary N) is 1. The van der Waals surface area contributed by atoms with Gasteiger partial charge in [0.25, 0.3) is 0 Å². The van der Waals surface area contributed by atoms with Gasteiger partial charge in [-0.15, -0.1) is 0 Å². The van der Waals surface area contributed by atoms with Crippen molar-refractivity contribution in [3.8, 4) is 5.75 Å². The Balaban J connectivity index is 1.80. The predicted molar refractivity (Wildman–Crippen MR) is 155 cm³/mol. The van der Waals surface area contributed by atoms with Crippen molar-refractivity contribution in [2.45, 2.75) is 45.7 Å². The molecule has 2 amide bonds. The maximum atomic E-state index is 13.6. The van der Waals surface area contributed by atoms with Gasteiger partial charge < -0.3 is 15.0 Å². The number of rotatable bonds is 13. The highest BCUT2D eigenvalue weighted by Gasteiger charge is 2.30. The number of benzene rings is 3. The zero-order valence-electron chi connectivity index (χ0n) is 21.6. The summed E-state index contributed by atoms with van der Waals surface area (Å²) in [7, 11) is 0. The standard InChI is InChI=1S/C30H33Cl3N2O3/c1-21(2)19-34-30(37)28(18-22-7-4-3-5-8-22)35(20-23-10-15-26(32)27(33)17-23)29(36)9-6-16-38-25-13-11-24(31)12-14-25/h3-5,7-8,10-15,17,21,28H,6,9,16,18-20H2,1-2H3,(H,34,37)/t28-/m0/s1. The van der Waals surface area contributed by atoms with Gasteiger partial charge in [-0.25, -0.2) is 0 Å². The molecule has 0 unspecified atom stereocenters. The summed E-state index contributed by atoms with van der Waals surface area (Å²) < 4.78 is 5.77. The number of hydrogen-bond donors (Lipinski definition) is 1. The second-order valence-electron chi connectivity index (χ2n) is 9.52. The quantitative estimate of drug-likeness (QED) is 0.219. The maximum Gasteiger partial charge on any atom is 0.243 e. The smallest absolute Gasteiger partial charge is 0.243 e. The molecule has 0 radical (unpaired) electrons. The predicted octanol–water partition coefficient (Wildman–Crippen LogP) is 7.22. The molecule has 1 N–H and O–H groups in total. The van der Waals surface area contributed by atoms with Crippen LogP contribution < -0.4 is 10.1 Å². The Hall–Kier alpha value is -2.73. The van der Waals surface area contributed by atoms with Gasteiger partial charge in [-0.3, -0.25) is 9.59 Å². The van der Waals surface area contributed by atoms with Crippen LogP contribution >= 0.6 is 34.8 Å². The van der Waals surface area contributed by atoms with Gasteiger partial charge >= 0.3 is 0 Å². The molecule has 0 saturated heterocycles. The lowest BCUT2D eigenvalue weighted by atomic mass is 10.0. The van der Waals surface area contributed by atoms with Crippen LogP contribution in [-0.4, -0.2) is 35.9 Å². The summed E-state index contributed by atoms with van der Waals surface area (Å²) in [4.78, 5) is 28.8.